The van der Waals surface area contributed by atoms with E-state index in [0.717, 1.165) is 0 Å². The molecule has 1 aliphatic heterocycles. The van der Waals surface area contributed by atoms with Gasteiger partial charge in [0.15, 0.2) is 5.76 Å². The van der Waals surface area contributed by atoms with Gasteiger partial charge < -0.3 is 9.32 Å². The number of amides is 1. The summed E-state index contributed by atoms with van der Waals surface area (Å²) in [5, 5.41) is 0. The molecule has 18 heavy (non-hydrogen) atoms. The van der Waals surface area contributed by atoms with E-state index in [1.165, 1.54) is 10.6 Å². The average Bonchev–Trinajstić information content (AvgIpc) is 2.74. The third-order valence-electron chi connectivity index (χ3n) is 2.95. The van der Waals surface area contributed by atoms with Gasteiger partial charge in [-0.3, -0.25) is 4.79 Å². The van der Waals surface area contributed by atoms with Crippen molar-refractivity contribution in [2.75, 3.05) is 32.4 Å². The van der Waals surface area contributed by atoms with Crippen LogP contribution in [0.4, 0.5) is 0 Å². The number of piperazine rings is 1. The molecule has 0 spiro atoms. The second-order valence-corrected chi connectivity index (χ2v) is 6.35. The van der Waals surface area contributed by atoms with Gasteiger partial charge in [-0.25, -0.2) is 8.42 Å². The number of rotatable bonds is 2. The van der Waals surface area contributed by atoms with Crippen LogP contribution >= 0.6 is 0 Å². The van der Waals surface area contributed by atoms with E-state index >= 15 is 0 Å². The molecule has 1 fully saturated rings. The molecule has 1 aromatic heterocycles. The maximum atomic E-state index is 12.0. The molecule has 1 saturated heterocycles. The van der Waals surface area contributed by atoms with Crippen molar-refractivity contribution in [2.24, 2.45) is 0 Å². The SMILES string of the molecule is Cc1ccc(C(=O)N2CCN(S(C)(=O)=O)CC2)o1. The van der Waals surface area contributed by atoms with Crippen LogP contribution in [0.1, 0.15) is 16.3 Å². The molecule has 1 aromatic rings. The summed E-state index contributed by atoms with van der Waals surface area (Å²) in [6, 6.07) is 3.38. The highest BCUT2D eigenvalue weighted by Crippen LogP contribution is 2.13. The van der Waals surface area contributed by atoms with Crippen molar-refractivity contribution in [3.05, 3.63) is 23.7 Å². The predicted molar refractivity (Wildman–Crippen MR) is 65.8 cm³/mol. The van der Waals surface area contributed by atoms with E-state index in [0.29, 0.717) is 37.7 Å². The summed E-state index contributed by atoms with van der Waals surface area (Å²) in [5.74, 6) is 0.810. The Balaban J connectivity index is 2.00. The molecule has 0 atom stereocenters. The smallest absolute Gasteiger partial charge is 0.289 e. The predicted octanol–water partition coefficient (Wildman–Crippen LogP) is 0.305. The molecule has 0 N–H and O–H groups in total. The number of furan rings is 1. The molecule has 2 rings (SSSR count). The molecule has 2 heterocycles. The van der Waals surface area contributed by atoms with Gasteiger partial charge in [-0.05, 0) is 19.1 Å². The highest BCUT2D eigenvalue weighted by Gasteiger charge is 2.27. The normalized spacial score (nSPS) is 18.0. The lowest BCUT2D eigenvalue weighted by Gasteiger charge is -2.32. The summed E-state index contributed by atoms with van der Waals surface area (Å²) in [7, 11) is -3.16. The van der Waals surface area contributed by atoms with Crippen LogP contribution < -0.4 is 0 Å². The quantitative estimate of drug-likeness (QED) is 0.776. The lowest BCUT2D eigenvalue weighted by molar-refractivity contribution is 0.0665. The van der Waals surface area contributed by atoms with Crippen LogP contribution in [0.5, 0.6) is 0 Å². The molecule has 7 heteroatoms. The van der Waals surface area contributed by atoms with Crippen molar-refractivity contribution in [3.63, 3.8) is 0 Å². The standard InChI is InChI=1S/C11H16N2O4S/c1-9-3-4-10(17-9)11(14)12-5-7-13(8-6-12)18(2,15)16/h3-4H,5-8H2,1-2H3. The van der Waals surface area contributed by atoms with Crippen molar-refractivity contribution in [1.82, 2.24) is 9.21 Å². The van der Waals surface area contributed by atoms with Crippen LogP contribution in [0.25, 0.3) is 0 Å². The van der Waals surface area contributed by atoms with Gasteiger partial charge in [0.1, 0.15) is 5.76 Å². The fourth-order valence-electron chi connectivity index (χ4n) is 1.93. The maximum Gasteiger partial charge on any atom is 0.289 e. The Kier molecular flexibility index (Phi) is 3.45. The van der Waals surface area contributed by atoms with Crippen molar-refractivity contribution >= 4 is 15.9 Å². The molecule has 0 radical (unpaired) electrons. The van der Waals surface area contributed by atoms with Gasteiger partial charge in [0.25, 0.3) is 5.91 Å². The van der Waals surface area contributed by atoms with E-state index in [-0.39, 0.29) is 5.91 Å². The van der Waals surface area contributed by atoms with Crippen LogP contribution in [-0.4, -0.2) is 56.0 Å². The van der Waals surface area contributed by atoms with Crippen molar-refractivity contribution in [2.45, 2.75) is 6.92 Å². The minimum atomic E-state index is -3.16. The van der Waals surface area contributed by atoms with Gasteiger partial charge in [-0.15, -0.1) is 0 Å². The van der Waals surface area contributed by atoms with E-state index in [4.69, 9.17) is 4.42 Å². The number of hydrogen-bond donors (Lipinski definition) is 0. The molecule has 0 aromatic carbocycles. The van der Waals surface area contributed by atoms with Crippen molar-refractivity contribution in [3.8, 4) is 0 Å². The lowest BCUT2D eigenvalue weighted by Crippen LogP contribution is -2.50. The van der Waals surface area contributed by atoms with Gasteiger partial charge in [0.05, 0.1) is 6.26 Å². The Morgan fingerprint density at radius 3 is 2.28 bits per heavy atom. The van der Waals surface area contributed by atoms with Gasteiger partial charge in [-0.1, -0.05) is 0 Å². The van der Waals surface area contributed by atoms with Crippen LogP contribution in [0.3, 0.4) is 0 Å². The molecule has 0 bridgehead atoms. The van der Waals surface area contributed by atoms with E-state index in [1.807, 2.05) is 0 Å². The number of carbonyl (C=O) groups is 1. The largest absolute Gasteiger partial charge is 0.456 e. The summed E-state index contributed by atoms with van der Waals surface area (Å²) >= 11 is 0. The van der Waals surface area contributed by atoms with Crippen LogP contribution in [0.2, 0.25) is 0 Å². The minimum absolute atomic E-state index is 0.184. The van der Waals surface area contributed by atoms with Crippen LogP contribution in [-0.2, 0) is 10.0 Å². The number of aryl methyl sites for hydroxylation is 1. The number of carbonyl (C=O) groups excluding carboxylic acids is 1. The van der Waals surface area contributed by atoms with Gasteiger partial charge >= 0.3 is 0 Å². The first-order valence-electron chi connectivity index (χ1n) is 5.69. The van der Waals surface area contributed by atoms with E-state index in [1.54, 1.807) is 24.0 Å². The van der Waals surface area contributed by atoms with Crippen LogP contribution in [0.15, 0.2) is 16.5 Å². The third kappa shape index (κ3) is 2.73. The minimum Gasteiger partial charge on any atom is -0.456 e. The Hall–Kier alpha value is -1.34. The summed E-state index contributed by atoms with van der Waals surface area (Å²) in [4.78, 5) is 13.6. The molecule has 0 aliphatic carbocycles. The topological polar surface area (TPSA) is 70.8 Å². The first-order valence-corrected chi connectivity index (χ1v) is 7.53. The number of nitrogens with zero attached hydrogens (tertiary/aromatic N) is 2. The molecule has 100 valence electrons. The monoisotopic (exact) mass is 272 g/mol. The molecular weight excluding hydrogens is 256 g/mol. The first-order chi connectivity index (χ1) is 8.38. The molecule has 1 aliphatic rings. The zero-order valence-electron chi connectivity index (χ0n) is 10.4. The highest BCUT2D eigenvalue weighted by atomic mass is 32.2. The lowest BCUT2D eigenvalue weighted by atomic mass is 10.3. The second kappa shape index (κ2) is 4.74. The van der Waals surface area contributed by atoms with Crippen LogP contribution in [0, 0.1) is 6.92 Å². The average molecular weight is 272 g/mol. The molecule has 6 nitrogen and oxygen atoms in total. The summed E-state index contributed by atoms with van der Waals surface area (Å²) in [6.45, 7) is 3.24. The van der Waals surface area contributed by atoms with E-state index in [9.17, 15) is 13.2 Å². The Morgan fingerprint density at radius 2 is 1.83 bits per heavy atom. The van der Waals surface area contributed by atoms with E-state index in [2.05, 4.69) is 0 Å². The first kappa shape index (κ1) is 13.1. The molecule has 1 amide bonds. The van der Waals surface area contributed by atoms with Crippen molar-refractivity contribution < 1.29 is 17.6 Å². The van der Waals surface area contributed by atoms with Gasteiger partial charge in [0, 0.05) is 26.2 Å². The van der Waals surface area contributed by atoms with E-state index < -0.39 is 10.0 Å². The third-order valence-corrected chi connectivity index (χ3v) is 4.25. The fourth-order valence-corrected chi connectivity index (χ4v) is 2.75. The zero-order chi connectivity index (χ0) is 13.3. The van der Waals surface area contributed by atoms with Gasteiger partial charge in [-0.2, -0.15) is 4.31 Å². The molecule has 0 unspecified atom stereocenters. The Bertz CT molecular complexity index is 541. The molecule has 0 saturated carbocycles. The summed E-state index contributed by atoms with van der Waals surface area (Å²) < 4.78 is 29.3. The highest BCUT2D eigenvalue weighted by molar-refractivity contribution is 7.88. The Labute approximate surface area is 106 Å². The maximum absolute atomic E-state index is 12.0. The van der Waals surface area contributed by atoms with Crippen molar-refractivity contribution in [1.29, 1.82) is 0 Å². The second-order valence-electron chi connectivity index (χ2n) is 4.36. The zero-order valence-corrected chi connectivity index (χ0v) is 11.2. The number of sulfonamides is 1. The number of hydrogen-bond acceptors (Lipinski definition) is 4. The Morgan fingerprint density at radius 1 is 1.22 bits per heavy atom. The fraction of sp³-hybridized carbons (Fsp3) is 0.545. The molecular formula is C11H16N2O4S. The summed E-state index contributed by atoms with van der Waals surface area (Å²) in [5.41, 5.74) is 0. The summed E-state index contributed by atoms with van der Waals surface area (Å²) in [6.07, 6.45) is 1.18. The van der Waals surface area contributed by atoms with Gasteiger partial charge in [0.2, 0.25) is 10.0 Å².